The van der Waals surface area contributed by atoms with Crippen molar-refractivity contribution >= 4 is 5.91 Å². The number of aromatic hydroxyl groups is 1. The summed E-state index contributed by atoms with van der Waals surface area (Å²) in [7, 11) is 0. The highest BCUT2D eigenvalue weighted by atomic mass is 16.3. The largest absolute Gasteiger partial charge is 0.508 e. The molecule has 3 saturated heterocycles. The van der Waals surface area contributed by atoms with E-state index >= 15 is 0 Å². The maximum absolute atomic E-state index is 12.6. The van der Waals surface area contributed by atoms with E-state index in [0.29, 0.717) is 18.4 Å². The minimum absolute atomic E-state index is 0.278. The summed E-state index contributed by atoms with van der Waals surface area (Å²) in [6, 6.07) is 7.74. The van der Waals surface area contributed by atoms with Crippen LogP contribution in [0.5, 0.6) is 5.75 Å². The molecule has 0 aromatic heterocycles. The van der Waals surface area contributed by atoms with Crippen LogP contribution in [-0.2, 0) is 11.2 Å². The highest BCUT2D eigenvalue weighted by Gasteiger charge is 2.35. The van der Waals surface area contributed by atoms with Crippen LogP contribution in [0.3, 0.4) is 0 Å². The Labute approximate surface area is 139 Å². The summed E-state index contributed by atoms with van der Waals surface area (Å²) in [6.45, 7) is 6.41. The van der Waals surface area contributed by atoms with Gasteiger partial charge in [-0.3, -0.25) is 9.69 Å². The second-order valence-electron chi connectivity index (χ2n) is 7.06. The zero-order valence-corrected chi connectivity index (χ0v) is 14.1. The van der Waals surface area contributed by atoms with E-state index in [2.05, 4.69) is 16.7 Å². The summed E-state index contributed by atoms with van der Waals surface area (Å²) < 4.78 is 0. The molecule has 2 bridgehead atoms. The zero-order valence-electron chi connectivity index (χ0n) is 14.1. The van der Waals surface area contributed by atoms with Gasteiger partial charge in [0.2, 0.25) is 5.91 Å². The Morgan fingerprint density at radius 1 is 1.17 bits per heavy atom. The molecular weight excluding hydrogens is 288 g/mol. The summed E-state index contributed by atoms with van der Waals surface area (Å²) in [5.41, 5.74) is 1.11. The molecule has 1 aromatic rings. The number of fused-ring (bicyclic) bond motifs is 4. The lowest BCUT2D eigenvalue weighted by Gasteiger charge is -2.35. The van der Waals surface area contributed by atoms with Crippen LogP contribution in [0.15, 0.2) is 24.3 Å². The number of hydrogen-bond donors (Lipinski definition) is 1. The lowest BCUT2D eigenvalue weighted by molar-refractivity contribution is -0.131. The average Bonchev–Trinajstić information content (AvgIpc) is 2.86. The van der Waals surface area contributed by atoms with Gasteiger partial charge in [0.1, 0.15) is 5.75 Å². The maximum Gasteiger partial charge on any atom is 0.222 e. The van der Waals surface area contributed by atoms with Gasteiger partial charge in [-0.25, -0.2) is 0 Å². The highest BCUT2D eigenvalue weighted by Crippen LogP contribution is 2.28. The second kappa shape index (κ2) is 7.35. The lowest BCUT2D eigenvalue weighted by atomic mass is 9.95. The Hall–Kier alpha value is -1.55. The van der Waals surface area contributed by atoms with Gasteiger partial charge >= 0.3 is 0 Å². The Morgan fingerprint density at radius 3 is 2.70 bits per heavy atom. The third kappa shape index (κ3) is 4.05. The van der Waals surface area contributed by atoms with Crippen molar-refractivity contribution in [3.05, 3.63) is 29.8 Å². The van der Waals surface area contributed by atoms with Gasteiger partial charge in [-0.1, -0.05) is 19.1 Å². The molecule has 3 heterocycles. The molecule has 1 amide bonds. The Kier molecular flexibility index (Phi) is 5.21. The first-order valence-electron chi connectivity index (χ1n) is 8.95. The lowest BCUT2D eigenvalue weighted by Crippen LogP contribution is -2.44. The van der Waals surface area contributed by atoms with Crippen LogP contribution in [0.25, 0.3) is 0 Å². The van der Waals surface area contributed by atoms with Gasteiger partial charge in [0.05, 0.1) is 0 Å². The van der Waals surface area contributed by atoms with Gasteiger partial charge in [-0.2, -0.15) is 0 Å². The fourth-order valence-corrected chi connectivity index (χ4v) is 4.02. The van der Waals surface area contributed by atoms with Gasteiger partial charge in [0.15, 0.2) is 0 Å². The number of nitrogens with zero attached hydrogens (tertiary/aromatic N) is 2. The normalized spacial score (nSPS) is 24.7. The molecule has 3 fully saturated rings. The second-order valence-corrected chi connectivity index (χ2v) is 7.06. The van der Waals surface area contributed by atoms with E-state index in [0.717, 1.165) is 31.6 Å². The Morgan fingerprint density at radius 2 is 1.96 bits per heavy atom. The van der Waals surface area contributed by atoms with Crippen molar-refractivity contribution in [2.24, 2.45) is 5.92 Å². The first-order valence-corrected chi connectivity index (χ1v) is 8.95. The molecule has 4 rings (SSSR count). The third-order valence-electron chi connectivity index (χ3n) is 5.25. The molecule has 0 radical (unpaired) electrons. The van der Waals surface area contributed by atoms with Crippen molar-refractivity contribution in [2.45, 2.75) is 45.1 Å². The number of carbonyl (C=O) groups is 1. The van der Waals surface area contributed by atoms with Crippen LogP contribution < -0.4 is 0 Å². The zero-order chi connectivity index (χ0) is 16.2. The smallest absolute Gasteiger partial charge is 0.222 e. The number of phenolic OH excluding ortho intramolecular Hbond substituents is 1. The van der Waals surface area contributed by atoms with Gasteiger partial charge in [0.25, 0.3) is 0 Å². The van der Waals surface area contributed by atoms with Crippen molar-refractivity contribution in [1.82, 2.24) is 9.80 Å². The number of carbonyl (C=O) groups excluding carboxylic acids is 1. The Bertz CT molecular complexity index is 529. The van der Waals surface area contributed by atoms with Crippen molar-refractivity contribution in [3.63, 3.8) is 0 Å². The molecule has 3 aliphatic rings. The first-order chi connectivity index (χ1) is 11.2. The van der Waals surface area contributed by atoms with Gasteiger partial charge in [-0.15, -0.1) is 0 Å². The van der Waals surface area contributed by atoms with E-state index in [1.807, 2.05) is 12.1 Å². The molecule has 0 spiro atoms. The predicted octanol–water partition coefficient (Wildman–Crippen LogP) is 2.66. The number of amides is 1. The number of piperidine rings is 1. The molecular formula is C19H28N2O2. The van der Waals surface area contributed by atoms with Gasteiger partial charge in [-0.05, 0) is 55.8 Å². The van der Waals surface area contributed by atoms with Crippen LogP contribution >= 0.6 is 0 Å². The minimum atomic E-state index is 0.278. The van der Waals surface area contributed by atoms with E-state index in [9.17, 15) is 9.90 Å². The molecule has 126 valence electrons. The predicted molar refractivity (Wildman–Crippen MR) is 91.4 cm³/mol. The molecule has 0 aliphatic carbocycles. The van der Waals surface area contributed by atoms with E-state index in [1.54, 1.807) is 12.1 Å². The average molecular weight is 316 g/mol. The number of phenols is 1. The molecule has 23 heavy (non-hydrogen) atoms. The summed E-state index contributed by atoms with van der Waals surface area (Å²) in [5, 5.41) is 9.32. The van der Waals surface area contributed by atoms with E-state index in [-0.39, 0.29) is 11.7 Å². The number of benzene rings is 1. The van der Waals surface area contributed by atoms with Crippen molar-refractivity contribution in [1.29, 1.82) is 0 Å². The number of hydrogen-bond acceptors (Lipinski definition) is 3. The standard InChI is InChI=1S/C19H28N2O2/c1-2-11-20-12-16-3-7-17(20)14-21(13-16)19(23)10-6-15-4-8-18(22)9-5-15/h4-5,8-9,16-17,22H,2-3,6-7,10-14H2,1H3/t16-,17-/m1/s1. The maximum atomic E-state index is 12.6. The molecule has 1 aromatic carbocycles. The monoisotopic (exact) mass is 316 g/mol. The SMILES string of the molecule is CCCN1C[C@H]2CC[C@@H]1CN(C(=O)CCc1ccc(O)cc1)C2. The van der Waals surface area contributed by atoms with Crippen LogP contribution in [0.2, 0.25) is 0 Å². The number of aryl methyl sites for hydroxylation is 1. The summed E-state index contributed by atoms with van der Waals surface area (Å²) in [6.07, 6.45) is 5.03. The van der Waals surface area contributed by atoms with Gasteiger partial charge in [0, 0.05) is 32.1 Å². The van der Waals surface area contributed by atoms with Crippen LogP contribution in [0, 0.1) is 5.92 Å². The minimum Gasteiger partial charge on any atom is -0.508 e. The Balaban J connectivity index is 1.56. The topological polar surface area (TPSA) is 43.8 Å². The van der Waals surface area contributed by atoms with Crippen molar-refractivity contribution in [3.8, 4) is 5.75 Å². The van der Waals surface area contributed by atoms with Gasteiger partial charge < -0.3 is 10.0 Å². The van der Waals surface area contributed by atoms with Crippen molar-refractivity contribution < 1.29 is 9.90 Å². The fourth-order valence-electron chi connectivity index (χ4n) is 4.02. The summed E-state index contributed by atoms with van der Waals surface area (Å²) in [4.78, 5) is 17.3. The van der Waals surface area contributed by atoms with Crippen LogP contribution in [-0.4, -0.2) is 53.0 Å². The summed E-state index contributed by atoms with van der Waals surface area (Å²) >= 11 is 0. The van der Waals surface area contributed by atoms with E-state index in [1.165, 1.54) is 25.8 Å². The molecule has 0 saturated carbocycles. The fraction of sp³-hybridized carbons (Fsp3) is 0.632. The molecule has 2 atom stereocenters. The molecule has 0 unspecified atom stereocenters. The van der Waals surface area contributed by atoms with Crippen molar-refractivity contribution in [2.75, 3.05) is 26.2 Å². The third-order valence-corrected chi connectivity index (χ3v) is 5.25. The van der Waals surface area contributed by atoms with Crippen LogP contribution in [0.4, 0.5) is 0 Å². The summed E-state index contributed by atoms with van der Waals surface area (Å²) in [5.74, 6) is 1.21. The highest BCUT2D eigenvalue weighted by molar-refractivity contribution is 5.76. The molecule has 4 nitrogen and oxygen atoms in total. The molecule has 3 aliphatic heterocycles. The molecule has 1 N–H and O–H groups in total. The number of rotatable bonds is 5. The quantitative estimate of drug-likeness (QED) is 0.908. The van der Waals surface area contributed by atoms with E-state index < -0.39 is 0 Å². The van der Waals surface area contributed by atoms with E-state index in [4.69, 9.17) is 0 Å². The van der Waals surface area contributed by atoms with Crippen LogP contribution in [0.1, 0.15) is 38.2 Å². The molecule has 4 heteroatoms. The first kappa shape index (κ1) is 16.3.